The molecule has 9 heteroatoms. The fourth-order valence-corrected chi connectivity index (χ4v) is 5.36. The SMILES string of the molecule is CCOC1CC2CSC(N)=NC2(c2cc(NC(=O)c3ccc(C#N)cn3)ccc2F)C1. The van der Waals surface area contributed by atoms with Gasteiger partial charge in [0.05, 0.1) is 17.2 Å². The number of amidine groups is 1. The number of thioether (sulfide) groups is 1. The van der Waals surface area contributed by atoms with Crippen molar-refractivity contribution in [1.82, 2.24) is 4.98 Å². The average Bonchev–Trinajstić information content (AvgIpc) is 3.13. The molecule has 31 heavy (non-hydrogen) atoms. The third kappa shape index (κ3) is 4.13. The molecule has 3 unspecified atom stereocenters. The Hall–Kier alpha value is -2.96. The predicted octanol–water partition coefficient (Wildman–Crippen LogP) is 3.42. The summed E-state index contributed by atoms with van der Waals surface area (Å²) in [5.41, 5.74) is 6.61. The second kappa shape index (κ2) is 8.65. The maximum Gasteiger partial charge on any atom is 0.274 e. The normalized spacial score (nSPS) is 24.7. The summed E-state index contributed by atoms with van der Waals surface area (Å²) in [6, 6.07) is 9.42. The number of fused-ring (bicyclic) bond motifs is 1. The number of ether oxygens (including phenoxy) is 1. The van der Waals surface area contributed by atoms with E-state index in [9.17, 15) is 4.79 Å². The molecule has 1 aromatic carbocycles. The Morgan fingerprint density at radius 3 is 3.00 bits per heavy atom. The molecule has 4 rings (SSSR count). The van der Waals surface area contributed by atoms with Crippen molar-refractivity contribution < 1.29 is 13.9 Å². The molecule has 1 aromatic heterocycles. The second-order valence-electron chi connectivity index (χ2n) is 7.59. The van der Waals surface area contributed by atoms with Crippen molar-refractivity contribution in [3.8, 4) is 6.07 Å². The first-order valence-corrected chi connectivity index (χ1v) is 11.0. The summed E-state index contributed by atoms with van der Waals surface area (Å²) in [7, 11) is 0. The van der Waals surface area contributed by atoms with Crippen LogP contribution in [0.3, 0.4) is 0 Å². The highest BCUT2D eigenvalue weighted by Crippen LogP contribution is 2.52. The molecule has 2 aliphatic rings. The molecule has 0 radical (unpaired) electrons. The van der Waals surface area contributed by atoms with Crippen LogP contribution < -0.4 is 11.1 Å². The van der Waals surface area contributed by atoms with Crippen LogP contribution in [0, 0.1) is 23.1 Å². The van der Waals surface area contributed by atoms with Crippen LogP contribution in [0.1, 0.15) is 41.4 Å². The number of halogens is 1. The van der Waals surface area contributed by atoms with Gasteiger partial charge in [-0.25, -0.2) is 9.37 Å². The van der Waals surface area contributed by atoms with Gasteiger partial charge in [0.1, 0.15) is 17.6 Å². The van der Waals surface area contributed by atoms with Crippen LogP contribution in [0.5, 0.6) is 0 Å². The number of aromatic nitrogens is 1. The number of hydrogen-bond donors (Lipinski definition) is 2. The number of pyridine rings is 1. The lowest BCUT2D eigenvalue weighted by molar-refractivity contribution is 0.0629. The highest BCUT2D eigenvalue weighted by Gasteiger charge is 2.52. The quantitative estimate of drug-likeness (QED) is 0.738. The number of amides is 1. The average molecular weight is 440 g/mol. The third-order valence-electron chi connectivity index (χ3n) is 5.72. The van der Waals surface area contributed by atoms with Crippen molar-refractivity contribution in [3.05, 3.63) is 59.2 Å². The fourth-order valence-electron chi connectivity index (χ4n) is 4.34. The summed E-state index contributed by atoms with van der Waals surface area (Å²) in [6.07, 6.45) is 2.63. The van der Waals surface area contributed by atoms with E-state index in [2.05, 4.69) is 10.3 Å². The standard InChI is InChI=1S/C22H22FN5O2S/c1-2-30-16-7-14-12-31-21(25)28-22(14,9-16)17-8-15(4-5-18(17)23)27-20(29)19-6-3-13(10-24)11-26-19/h3-6,8,11,14,16H,2,7,9,12H2,1H3,(H2,25,28)(H,27,29). The molecule has 1 aliphatic heterocycles. The lowest BCUT2D eigenvalue weighted by Gasteiger charge is -2.36. The van der Waals surface area contributed by atoms with Crippen LogP contribution in [-0.4, -0.2) is 34.5 Å². The van der Waals surface area contributed by atoms with Gasteiger partial charge in [-0.2, -0.15) is 5.26 Å². The van der Waals surface area contributed by atoms with Crippen molar-refractivity contribution in [2.75, 3.05) is 17.7 Å². The molecule has 7 nitrogen and oxygen atoms in total. The van der Waals surface area contributed by atoms with E-state index in [-0.39, 0.29) is 23.5 Å². The molecular formula is C22H22FN5O2S. The van der Waals surface area contributed by atoms with Gasteiger partial charge in [0.2, 0.25) is 0 Å². The molecule has 1 amide bonds. The van der Waals surface area contributed by atoms with Crippen molar-refractivity contribution in [3.63, 3.8) is 0 Å². The van der Waals surface area contributed by atoms with Crippen LogP contribution in [0.2, 0.25) is 0 Å². The van der Waals surface area contributed by atoms with Gasteiger partial charge in [-0.15, -0.1) is 0 Å². The number of hydrogen-bond acceptors (Lipinski definition) is 7. The molecule has 3 N–H and O–H groups in total. The van der Waals surface area contributed by atoms with Crippen molar-refractivity contribution in [2.24, 2.45) is 16.6 Å². The minimum Gasteiger partial charge on any atom is -0.379 e. The summed E-state index contributed by atoms with van der Waals surface area (Å²) < 4.78 is 20.9. The maximum atomic E-state index is 15.1. The Kier molecular flexibility index (Phi) is 5.94. The topological polar surface area (TPSA) is 113 Å². The van der Waals surface area contributed by atoms with Crippen molar-refractivity contribution in [2.45, 2.75) is 31.4 Å². The molecule has 1 fully saturated rings. The Morgan fingerprint density at radius 1 is 1.45 bits per heavy atom. The number of rotatable bonds is 5. The Labute approximate surface area is 183 Å². The predicted molar refractivity (Wildman–Crippen MR) is 117 cm³/mol. The molecule has 1 saturated carbocycles. The van der Waals surface area contributed by atoms with Crippen LogP contribution >= 0.6 is 11.8 Å². The van der Waals surface area contributed by atoms with E-state index in [1.54, 1.807) is 6.07 Å². The zero-order valence-electron chi connectivity index (χ0n) is 17.0. The Balaban J connectivity index is 1.66. The summed E-state index contributed by atoms with van der Waals surface area (Å²) in [6.45, 7) is 2.52. The second-order valence-corrected chi connectivity index (χ2v) is 8.63. The molecule has 160 valence electrons. The van der Waals surface area contributed by atoms with Crippen LogP contribution in [0.15, 0.2) is 41.5 Å². The fraction of sp³-hybridized carbons (Fsp3) is 0.364. The first kappa shape index (κ1) is 21.3. The number of carbonyl (C=O) groups is 1. The van der Waals surface area contributed by atoms with Gasteiger partial charge >= 0.3 is 0 Å². The largest absolute Gasteiger partial charge is 0.379 e. The molecular weight excluding hydrogens is 417 g/mol. The van der Waals surface area contributed by atoms with Crippen LogP contribution in [0.4, 0.5) is 10.1 Å². The van der Waals surface area contributed by atoms with E-state index in [4.69, 9.17) is 20.7 Å². The Bertz CT molecular complexity index is 1070. The smallest absolute Gasteiger partial charge is 0.274 e. The van der Waals surface area contributed by atoms with E-state index in [0.717, 1.165) is 12.2 Å². The number of nitrogens with two attached hydrogens (primary N) is 1. The minimum atomic E-state index is -0.813. The molecule has 2 aromatic rings. The zero-order chi connectivity index (χ0) is 22.0. The van der Waals surface area contributed by atoms with E-state index >= 15 is 4.39 Å². The lowest BCUT2D eigenvalue weighted by Crippen LogP contribution is -2.37. The van der Waals surface area contributed by atoms with Gasteiger partial charge < -0.3 is 15.8 Å². The molecule has 0 bridgehead atoms. The van der Waals surface area contributed by atoms with Gasteiger partial charge in [0.25, 0.3) is 5.91 Å². The number of carbonyl (C=O) groups excluding carboxylic acids is 1. The summed E-state index contributed by atoms with van der Waals surface area (Å²) in [4.78, 5) is 21.3. The van der Waals surface area contributed by atoms with E-state index in [1.807, 2.05) is 13.0 Å². The number of nitrogens with zero attached hydrogens (tertiary/aromatic N) is 3. The minimum absolute atomic E-state index is 0.0225. The van der Waals surface area contributed by atoms with E-state index in [1.165, 1.54) is 42.2 Å². The maximum absolute atomic E-state index is 15.1. The number of nitrogens with one attached hydrogen (secondary N) is 1. The van der Waals surface area contributed by atoms with Gasteiger partial charge in [-0.3, -0.25) is 9.79 Å². The third-order valence-corrected chi connectivity index (χ3v) is 6.68. The first-order chi connectivity index (χ1) is 14.9. The monoisotopic (exact) mass is 439 g/mol. The van der Waals surface area contributed by atoms with E-state index < -0.39 is 11.4 Å². The molecule has 0 saturated heterocycles. The number of aliphatic imine (C=N–C) groups is 1. The highest BCUT2D eigenvalue weighted by atomic mass is 32.2. The Morgan fingerprint density at radius 2 is 2.29 bits per heavy atom. The van der Waals surface area contributed by atoms with E-state index in [0.29, 0.717) is 35.0 Å². The molecule has 1 aliphatic carbocycles. The van der Waals surface area contributed by atoms with Gasteiger partial charge in [0.15, 0.2) is 5.17 Å². The van der Waals surface area contributed by atoms with Gasteiger partial charge in [-0.05, 0) is 43.7 Å². The van der Waals surface area contributed by atoms with Crippen LogP contribution in [0.25, 0.3) is 0 Å². The number of anilines is 1. The number of nitriles is 1. The number of benzene rings is 1. The lowest BCUT2D eigenvalue weighted by atomic mass is 9.81. The van der Waals surface area contributed by atoms with Crippen molar-refractivity contribution >= 4 is 28.5 Å². The van der Waals surface area contributed by atoms with Crippen LogP contribution in [-0.2, 0) is 10.3 Å². The molecule has 3 atom stereocenters. The van der Waals surface area contributed by atoms with Crippen molar-refractivity contribution in [1.29, 1.82) is 5.26 Å². The van der Waals surface area contributed by atoms with Gasteiger partial charge in [-0.1, -0.05) is 11.8 Å². The summed E-state index contributed by atoms with van der Waals surface area (Å²) >= 11 is 1.48. The highest BCUT2D eigenvalue weighted by molar-refractivity contribution is 8.13. The summed E-state index contributed by atoms with van der Waals surface area (Å²) in [5.74, 6) is -0.0107. The molecule has 0 spiro atoms. The molecule has 2 heterocycles. The first-order valence-electron chi connectivity index (χ1n) is 10.0. The van der Waals surface area contributed by atoms with Gasteiger partial charge in [0, 0.05) is 42.1 Å². The zero-order valence-corrected chi connectivity index (χ0v) is 17.8. The summed E-state index contributed by atoms with van der Waals surface area (Å²) in [5, 5.41) is 12.1.